The van der Waals surface area contributed by atoms with Crippen LogP contribution in [0.1, 0.15) is 41.0 Å². The zero-order valence-corrected chi connectivity index (χ0v) is 26.2. The van der Waals surface area contributed by atoms with Crippen molar-refractivity contribution in [2.45, 2.75) is 64.3 Å². The molecule has 218 valence electrons. The Kier molecular flexibility index (Phi) is 8.70. The number of benzene rings is 2. The van der Waals surface area contributed by atoms with Crippen molar-refractivity contribution in [3.63, 3.8) is 0 Å². The second-order valence-corrected chi connectivity index (χ2v) is 16.4. The van der Waals surface area contributed by atoms with Gasteiger partial charge < -0.3 is 18.8 Å². The Labute approximate surface area is 248 Å². The van der Waals surface area contributed by atoms with E-state index in [2.05, 4.69) is 81.2 Å². The van der Waals surface area contributed by atoms with Crippen molar-refractivity contribution in [1.29, 1.82) is 0 Å². The highest BCUT2D eigenvalue weighted by Crippen LogP contribution is 2.39. The largest absolute Gasteiger partial charge is 0.443 e. The lowest BCUT2D eigenvalue weighted by molar-refractivity contribution is 0.0890. The number of hydrogen-bond acceptors (Lipinski definition) is 7. The van der Waals surface area contributed by atoms with Crippen molar-refractivity contribution in [2.24, 2.45) is 0 Å². The first-order valence-electron chi connectivity index (χ1n) is 14.3. The summed E-state index contributed by atoms with van der Waals surface area (Å²) in [6.45, 7) is 13.4. The van der Waals surface area contributed by atoms with Gasteiger partial charge in [0.1, 0.15) is 17.1 Å². The molecule has 0 aliphatic carbocycles. The number of rotatable bonds is 8. The van der Waals surface area contributed by atoms with E-state index in [0.717, 1.165) is 0 Å². The molecule has 2 saturated heterocycles. The Bertz CT molecular complexity index is 1300. The molecule has 2 aliphatic rings. The van der Waals surface area contributed by atoms with E-state index in [0.29, 0.717) is 44.5 Å². The highest BCUT2D eigenvalue weighted by molar-refractivity contribution is 6.99. The second-order valence-electron chi connectivity index (χ2n) is 11.8. The van der Waals surface area contributed by atoms with Crippen LogP contribution in [-0.4, -0.2) is 68.9 Å². The van der Waals surface area contributed by atoms with Gasteiger partial charge in [0.2, 0.25) is 5.95 Å². The Morgan fingerprint density at radius 3 is 2.17 bits per heavy atom. The molecule has 0 N–H and O–H groups in total. The van der Waals surface area contributed by atoms with Crippen molar-refractivity contribution in [3.05, 3.63) is 71.9 Å². The van der Waals surface area contributed by atoms with Gasteiger partial charge in [0, 0.05) is 31.7 Å². The summed E-state index contributed by atoms with van der Waals surface area (Å²) < 4.78 is 18.6. The minimum absolute atomic E-state index is 0.151. The van der Waals surface area contributed by atoms with E-state index in [1.165, 1.54) is 10.4 Å². The predicted octanol–water partition coefficient (Wildman–Crippen LogP) is 5.04. The second kappa shape index (κ2) is 12.1. The zero-order chi connectivity index (χ0) is 29.2. The monoisotopic (exact) mass is 594 g/mol. The zero-order valence-electron chi connectivity index (χ0n) is 24.4. The topological polar surface area (TPSA) is 77.0 Å². The number of cyclic esters (lactones) is 1. The van der Waals surface area contributed by atoms with Crippen LogP contribution in [-0.2, 0) is 13.9 Å². The van der Waals surface area contributed by atoms with Crippen LogP contribution in [0.25, 0.3) is 0 Å². The average molecular weight is 595 g/mol. The van der Waals surface area contributed by atoms with Crippen LogP contribution < -0.4 is 20.2 Å². The standard InChI is InChI=1S/C31H39ClN4O4Si/c1-22(40-41(31(3,4)5,24-12-8-6-9-13-24)25-14-10-7-11-15-25)20-26-23(2)36(30(37)39-26)28-21-27(32)33-29(34-28)35-16-18-38-19-17-35/h6-15,21-23,26H,16-20H2,1-5H3/t22?,23-,26+/m0/s1. The molecule has 0 saturated carbocycles. The first-order valence-corrected chi connectivity index (χ1v) is 16.5. The lowest BCUT2D eigenvalue weighted by Gasteiger charge is -2.45. The van der Waals surface area contributed by atoms with E-state index in [1.807, 2.05) is 24.0 Å². The summed E-state index contributed by atoms with van der Waals surface area (Å²) in [4.78, 5) is 25.9. The molecule has 2 fully saturated rings. The highest BCUT2D eigenvalue weighted by atomic mass is 35.5. The van der Waals surface area contributed by atoms with Crippen LogP contribution in [0.2, 0.25) is 10.2 Å². The van der Waals surface area contributed by atoms with Crippen LogP contribution in [0.3, 0.4) is 0 Å². The van der Waals surface area contributed by atoms with Crippen LogP contribution in [0.5, 0.6) is 0 Å². The molecule has 8 nitrogen and oxygen atoms in total. The van der Waals surface area contributed by atoms with Gasteiger partial charge in [-0.1, -0.05) is 93.0 Å². The summed E-state index contributed by atoms with van der Waals surface area (Å²) in [7, 11) is -2.75. The maximum Gasteiger partial charge on any atom is 0.416 e. The van der Waals surface area contributed by atoms with Crippen LogP contribution in [0.4, 0.5) is 16.6 Å². The fourth-order valence-electron chi connectivity index (χ4n) is 5.96. The lowest BCUT2D eigenvalue weighted by Crippen LogP contribution is -2.67. The third-order valence-corrected chi connectivity index (χ3v) is 13.3. The molecule has 3 heterocycles. The Morgan fingerprint density at radius 1 is 1.02 bits per heavy atom. The van der Waals surface area contributed by atoms with Gasteiger partial charge in [0.05, 0.1) is 19.3 Å². The molecule has 1 unspecified atom stereocenters. The summed E-state index contributed by atoms with van der Waals surface area (Å²) in [6, 6.07) is 22.5. The van der Waals surface area contributed by atoms with E-state index in [-0.39, 0.29) is 28.4 Å². The van der Waals surface area contributed by atoms with Gasteiger partial charge in [-0.15, -0.1) is 0 Å². The Morgan fingerprint density at radius 2 is 1.61 bits per heavy atom. The van der Waals surface area contributed by atoms with E-state index in [1.54, 1.807) is 11.0 Å². The van der Waals surface area contributed by atoms with Gasteiger partial charge in [0.25, 0.3) is 8.32 Å². The number of amides is 1. The summed E-state index contributed by atoms with van der Waals surface area (Å²) in [5.41, 5.74) is 0. The smallest absolute Gasteiger partial charge is 0.416 e. The molecule has 3 atom stereocenters. The summed E-state index contributed by atoms with van der Waals surface area (Å²) in [5, 5.41) is 2.56. The predicted molar refractivity (Wildman–Crippen MR) is 165 cm³/mol. The van der Waals surface area contributed by atoms with Gasteiger partial charge in [-0.3, -0.25) is 4.90 Å². The summed E-state index contributed by atoms with van der Waals surface area (Å²) >= 11 is 6.39. The van der Waals surface area contributed by atoms with Crippen LogP contribution >= 0.6 is 11.6 Å². The number of aromatic nitrogens is 2. The maximum atomic E-state index is 13.2. The first kappa shape index (κ1) is 29.5. The molecule has 10 heteroatoms. The number of carbonyl (C=O) groups excluding carboxylic acids is 1. The van der Waals surface area contributed by atoms with Crippen LogP contribution in [0, 0.1) is 0 Å². The maximum absolute atomic E-state index is 13.2. The summed E-state index contributed by atoms with van der Waals surface area (Å²) in [5.74, 6) is 0.926. The van der Waals surface area contributed by atoms with E-state index in [4.69, 9.17) is 30.5 Å². The molecular formula is C31H39ClN4O4Si. The molecule has 2 aliphatic heterocycles. The molecule has 2 aromatic carbocycles. The summed E-state index contributed by atoms with van der Waals surface area (Å²) in [6.07, 6.45) is -0.457. The number of nitrogens with zero attached hydrogens (tertiary/aromatic N) is 4. The Hall–Kier alpha value is -2.98. The number of carbonyl (C=O) groups is 1. The minimum atomic E-state index is -2.75. The van der Waals surface area contributed by atoms with Crippen molar-refractivity contribution >= 4 is 48.2 Å². The number of morpholine rings is 1. The SMILES string of the molecule is CC(C[C@H]1OC(=O)N(c2cc(Cl)nc(N3CCOCC3)n2)[C@H]1C)O[Si](c1ccccc1)(c1ccccc1)C(C)(C)C. The van der Waals surface area contributed by atoms with Gasteiger partial charge in [0.15, 0.2) is 0 Å². The van der Waals surface area contributed by atoms with Crippen molar-refractivity contribution in [3.8, 4) is 0 Å². The van der Waals surface area contributed by atoms with Crippen molar-refractivity contribution < 1.29 is 18.7 Å². The van der Waals surface area contributed by atoms with E-state index < -0.39 is 14.4 Å². The molecule has 1 amide bonds. The number of ether oxygens (including phenoxy) is 2. The first-order chi connectivity index (χ1) is 19.6. The number of hydrogen-bond donors (Lipinski definition) is 0. The van der Waals surface area contributed by atoms with Gasteiger partial charge in [-0.05, 0) is 29.3 Å². The quantitative estimate of drug-likeness (QED) is 0.267. The van der Waals surface area contributed by atoms with Crippen LogP contribution in [0.15, 0.2) is 66.7 Å². The van der Waals surface area contributed by atoms with Crippen molar-refractivity contribution in [2.75, 3.05) is 36.1 Å². The molecule has 0 spiro atoms. The normalized spacial score (nSPS) is 20.7. The number of anilines is 2. The third kappa shape index (κ3) is 5.99. The average Bonchev–Trinajstić information content (AvgIpc) is 3.24. The number of halogens is 1. The molecule has 5 rings (SSSR count). The molecule has 3 aromatic rings. The third-order valence-electron chi connectivity index (χ3n) is 7.96. The van der Waals surface area contributed by atoms with Crippen molar-refractivity contribution in [1.82, 2.24) is 9.97 Å². The van der Waals surface area contributed by atoms with Gasteiger partial charge in [-0.25, -0.2) is 9.78 Å². The molecule has 0 radical (unpaired) electrons. The Balaban J connectivity index is 1.40. The fourth-order valence-corrected chi connectivity index (χ4v) is 10.8. The van der Waals surface area contributed by atoms with E-state index in [9.17, 15) is 4.79 Å². The molecule has 41 heavy (non-hydrogen) atoms. The van der Waals surface area contributed by atoms with Gasteiger partial charge in [-0.2, -0.15) is 4.98 Å². The van der Waals surface area contributed by atoms with E-state index >= 15 is 0 Å². The highest BCUT2D eigenvalue weighted by Gasteiger charge is 2.52. The lowest BCUT2D eigenvalue weighted by atomic mass is 10.1. The molecule has 0 bridgehead atoms. The fraction of sp³-hybridized carbons (Fsp3) is 0.452. The molecule has 1 aromatic heterocycles. The molecular weight excluding hydrogens is 556 g/mol. The minimum Gasteiger partial charge on any atom is -0.443 e. The van der Waals surface area contributed by atoms with Gasteiger partial charge >= 0.3 is 6.09 Å².